The van der Waals surface area contributed by atoms with Gasteiger partial charge in [0.05, 0.1) is 11.9 Å². The molecule has 0 atom stereocenters. The predicted molar refractivity (Wildman–Crippen MR) is 65.6 cm³/mol. The van der Waals surface area contributed by atoms with Gasteiger partial charge in [-0.1, -0.05) is 0 Å². The Balaban J connectivity index is 1.96. The summed E-state index contributed by atoms with van der Waals surface area (Å²) in [6.45, 7) is 0.171. The molecule has 0 unspecified atom stereocenters. The van der Waals surface area contributed by atoms with Gasteiger partial charge in [-0.25, -0.2) is 0 Å². The van der Waals surface area contributed by atoms with E-state index in [2.05, 4.69) is 4.98 Å². The Labute approximate surface area is 107 Å². The van der Waals surface area contributed by atoms with Crippen LogP contribution in [0.15, 0.2) is 18.3 Å². The van der Waals surface area contributed by atoms with E-state index in [1.54, 1.807) is 18.3 Å². The lowest BCUT2D eigenvalue weighted by Gasteiger charge is -1.99. The highest BCUT2D eigenvalue weighted by Gasteiger charge is 2.19. The summed E-state index contributed by atoms with van der Waals surface area (Å²) in [7, 11) is 0. The van der Waals surface area contributed by atoms with Crippen LogP contribution in [-0.4, -0.2) is 28.6 Å². The molecule has 1 aliphatic rings. The number of rotatable bonds is 4. The highest BCUT2D eigenvalue weighted by molar-refractivity contribution is 6.09. The first-order valence-electron chi connectivity index (χ1n) is 5.81. The summed E-state index contributed by atoms with van der Waals surface area (Å²) in [5, 5.41) is 9.33. The molecule has 0 saturated heterocycles. The molecule has 0 spiro atoms. The third-order valence-corrected chi connectivity index (χ3v) is 3.04. The third-order valence-electron chi connectivity index (χ3n) is 3.04. The van der Waals surface area contributed by atoms with Crippen molar-refractivity contribution in [2.24, 2.45) is 0 Å². The number of hydrogen-bond donors (Lipinski definition) is 2. The number of carbonyl (C=O) groups excluding carboxylic acids is 1. The van der Waals surface area contributed by atoms with Crippen LogP contribution in [0.2, 0.25) is 0 Å². The van der Waals surface area contributed by atoms with Crippen molar-refractivity contribution in [1.29, 1.82) is 0 Å². The number of aliphatic carboxylic acids is 1. The van der Waals surface area contributed by atoms with E-state index >= 15 is 0 Å². The third kappa shape index (κ3) is 2.01. The lowest BCUT2D eigenvalue weighted by molar-refractivity contribution is -0.136. The molecule has 0 saturated carbocycles. The van der Waals surface area contributed by atoms with Crippen molar-refractivity contribution in [2.45, 2.75) is 12.8 Å². The Morgan fingerprint density at radius 2 is 1.95 bits per heavy atom. The largest absolute Gasteiger partial charge is 0.481 e. The number of hydrogen-bond acceptors (Lipinski definition) is 4. The van der Waals surface area contributed by atoms with Crippen molar-refractivity contribution < 1.29 is 24.2 Å². The molecule has 19 heavy (non-hydrogen) atoms. The van der Waals surface area contributed by atoms with Crippen LogP contribution in [0.3, 0.4) is 0 Å². The maximum atomic E-state index is 12.0. The number of carboxylic acid groups (broad SMARTS) is 1. The first-order valence-corrected chi connectivity index (χ1v) is 5.81. The number of ketones is 1. The van der Waals surface area contributed by atoms with E-state index in [0.29, 0.717) is 17.1 Å². The fourth-order valence-electron chi connectivity index (χ4n) is 2.10. The number of carbonyl (C=O) groups is 2. The normalized spacial score (nSPS) is 12.8. The van der Waals surface area contributed by atoms with Gasteiger partial charge < -0.3 is 19.6 Å². The molecule has 6 nitrogen and oxygen atoms in total. The minimum Gasteiger partial charge on any atom is -0.481 e. The summed E-state index contributed by atoms with van der Waals surface area (Å²) < 4.78 is 10.5. The molecule has 1 aliphatic heterocycles. The van der Waals surface area contributed by atoms with Gasteiger partial charge in [0, 0.05) is 29.6 Å². The number of Topliss-reactive ketones (excluding diaryl/α,β-unsaturated/α-hetero) is 1. The summed E-state index contributed by atoms with van der Waals surface area (Å²) in [6, 6.07) is 3.51. The summed E-state index contributed by atoms with van der Waals surface area (Å²) >= 11 is 0. The molecule has 98 valence electrons. The zero-order valence-corrected chi connectivity index (χ0v) is 9.93. The number of fused-ring (bicyclic) bond motifs is 2. The van der Waals surface area contributed by atoms with Crippen LogP contribution in [0.25, 0.3) is 10.9 Å². The molecule has 1 aromatic heterocycles. The van der Waals surface area contributed by atoms with Gasteiger partial charge in [-0.3, -0.25) is 9.59 Å². The molecule has 0 radical (unpaired) electrons. The van der Waals surface area contributed by atoms with Crippen LogP contribution in [0.5, 0.6) is 11.5 Å². The van der Waals surface area contributed by atoms with Crippen molar-refractivity contribution >= 4 is 22.7 Å². The molecule has 1 aromatic carbocycles. The van der Waals surface area contributed by atoms with Gasteiger partial charge in [0.15, 0.2) is 17.3 Å². The molecule has 2 aromatic rings. The highest BCUT2D eigenvalue weighted by atomic mass is 16.7. The van der Waals surface area contributed by atoms with Gasteiger partial charge in [0.1, 0.15) is 0 Å². The molecule has 0 bridgehead atoms. The Kier molecular flexibility index (Phi) is 2.63. The first kappa shape index (κ1) is 11.6. The summed E-state index contributed by atoms with van der Waals surface area (Å²) in [6.07, 6.45) is 1.40. The number of benzene rings is 1. The van der Waals surface area contributed by atoms with Gasteiger partial charge in [-0.15, -0.1) is 0 Å². The van der Waals surface area contributed by atoms with Gasteiger partial charge in [-0.2, -0.15) is 0 Å². The second kappa shape index (κ2) is 4.31. The van der Waals surface area contributed by atoms with E-state index in [4.69, 9.17) is 14.6 Å². The Morgan fingerprint density at radius 1 is 1.21 bits per heavy atom. The minimum atomic E-state index is -0.981. The van der Waals surface area contributed by atoms with E-state index in [1.165, 1.54) is 0 Å². The standard InChI is InChI=1S/C13H11NO5/c15-10(1-2-13(16)17)8-5-14-9-4-12-11(3-7(8)9)18-6-19-12/h3-5,14H,1-2,6H2,(H,16,17). The zero-order valence-electron chi connectivity index (χ0n) is 9.93. The second-order valence-electron chi connectivity index (χ2n) is 4.27. The van der Waals surface area contributed by atoms with Gasteiger partial charge in [0.25, 0.3) is 0 Å². The quantitative estimate of drug-likeness (QED) is 0.821. The maximum absolute atomic E-state index is 12.0. The van der Waals surface area contributed by atoms with Crippen molar-refractivity contribution in [3.05, 3.63) is 23.9 Å². The smallest absolute Gasteiger partial charge is 0.303 e. The number of H-pyrrole nitrogens is 1. The van der Waals surface area contributed by atoms with Crippen LogP contribution in [0, 0.1) is 0 Å². The number of ether oxygens (including phenoxy) is 2. The Bertz CT molecular complexity index is 673. The summed E-state index contributed by atoms with van der Waals surface area (Å²) in [4.78, 5) is 25.4. The first-order chi connectivity index (χ1) is 9.15. The van der Waals surface area contributed by atoms with E-state index in [1.807, 2.05) is 0 Å². The highest BCUT2D eigenvalue weighted by Crippen LogP contribution is 2.37. The van der Waals surface area contributed by atoms with Gasteiger partial charge in [0.2, 0.25) is 6.79 Å². The number of aromatic nitrogens is 1. The molecule has 2 N–H and O–H groups in total. The molecular weight excluding hydrogens is 250 g/mol. The SMILES string of the molecule is O=C(O)CCC(=O)c1c[nH]c2cc3c(cc12)OCO3. The lowest BCUT2D eigenvalue weighted by atomic mass is 10.1. The number of aromatic amines is 1. The average Bonchev–Trinajstić information content (AvgIpc) is 2.98. The van der Waals surface area contributed by atoms with E-state index in [0.717, 1.165) is 10.9 Å². The van der Waals surface area contributed by atoms with E-state index in [9.17, 15) is 9.59 Å². The summed E-state index contributed by atoms with van der Waals surface area (Å²) in [5.74, 6) is 0.0524. The maximum Gasteiger partial charge on any atom is 0.303 e. The summed E-state index contributed by atoms with van der Waals surface area (Å²) in [5.41, 5.74) is 1.25. The second-order valence-corrected chi connectivity index (χ2v) is 4.27. The zero-order chi connectivity index (χ0) is 13.4. The molecule has 3 rings (SSSR count). The van der Waals surface area contributed by atoms with Crippen molar-refractivity contribution in [3.8, 4) is 11.5 Å². The molecule has 6 heteroatoms. The van der Waals surface area contributed by atoms with Gasteiger partial charge >= 0.3 is 5.97 Å². The topological polar surface area (TPSA) is 88.6 Å². The molecule has 2 heterocycles. The van der Waals surface area contributed by atoms with Crippen LogP contribution >= 0.6 is 0 Å². The van der Waals surface area contributed by atoms with Crippen LogP contribution < -0.4 is 9.47 Å². The van der Waals surface area contributed by atoms with Crippen LogP contribution in [0.4, 0.5) is 0 Å². The predicted octanol–water partition coefficient (Wildman–Crippen LogP) is 1.94. The fourth-order valence-corrected chi connectivity index (χ4v) is 2.10. The fraction of sp³-hybridized carbons (Fsp3) is 0.231. The molecule has 0 fully saturated rings. The van der Waals surface area contributed by atoms with Crippen molar-refractivity contribution in [2.75, 3.05) is 6.79 Å². The molecule has 0 amide bonds. The Hall–Kier alpha value is -2.50. The van der Waals surface area contributed by atoms with Crippen molar-refractivity contribution in [1.82, 2.24) is 4.98 Å². The molecule has 0 aliphatic carbocycles. The minimum absolute atomic E-state index is 0.0171. The monoisotopic (exact) mass is 261 g/mol. The number of carboxylic acids is 1. The van der Waals surface area contributed by atoms with E-state index < -0.39 is 5.97 Å². The van der Waals surface area contributed by atoms with Crippen LogP contribution in [-0.2, 0) is 4.79 Å². The van der Waals surface area contributed by atoms with E-state index in [-0.39, 0.29) is 25.4 Å². The number of nitrogens with one attached hydrogen (secondary N) is 1. The van der Waals surface area contributed by atoms with Crippen LogP contribution in [0.1, 0.15) is 23.2 Å². The lowest BCUT2D eigenvalue weighted by Crippen LogP contribution is -2.03. The average molecular weight is 261 g/mol. The molecular formula is C13H11NO5. The Morgan fingerprint density at radius 3 is 2.68 bits per heavy atom. The van der Waals surface area contributed by atoms with Crippen molar-refractivity contribution in [3.63, 3.8) is 0 Å². The van der Waals surface area contributed by atoms with Gasteiger partial charge in [-0.05, 0) is 6.07 Å².